The summed E-state index contributed by atoms with van der Waals surface area (Å²) in [7, 11) is 0. The third-order valence-corrected chi connectivity index (χ3v) is 2.72. The number of aromatic amines is 1. The van der Waals surface area contributed by atoms with Crippen molar-refractivity contribution in [3.05, 3.63) is 59.7 Å². The van der Waals surface area contributed by atoms with E-state index >= 15 is 0 Å². The molecule has 0 saturated carbocycles. The highest BCUT2D eigenvalue weighted by Crippen LogP contribution is 2.11. The summed E-state index contributed by atoms with van der Waals surface area (Å²) in [4.78, 5) is 18.9. The molecule has 0 spiro atoms. The van der Waals surface area contributed by atoms with Crippen LogP contribution in [0.15, 0.2) is 42.7 Å². The average molecular weight is 284 g/mol. The van der Waals surface area contributed by atoms with Crippen LogP contribution in [0.4, 0.5) is 0 Å². The van der Waals surface area contributed by atoms with Crippen LogP contribution in [-0.4, -0.2) is 21.5 Å². The van der Waals surface area contributed by atoms with Crippen LogP contribution < -0.4 is 0 Å². The Bertz CT molecular complexity index is 605. The quantitative estimate of drug-likeness (QED) is 0.692. The lowest BCUT2D eigenvalue weighted by molar-refractivity contribution is -0.148. The van der Waals surface area contributed by atoms with Crippen molar-refractivity contribution in [1.82, 2.24) is 9.97 Å². The third kappa shape index (κ3) is 5.26. The Morgan fingerprint density at radius 3 is 2.57 bits per heavy atom. The van der Waals surface area contributed by atoms with E-state index in [4.69, 9.17) is 4.74 Å². The van der Waals surface area contributed by atoms with Gasteiger partial charge < -0.3 is 9.72 Å². The van der Waals surface area contributed by atoms with E-state index in [0.717, 1.165) is 17.8 Å². The summed E-state index contributed by atoms with van der Waals surface area (Å²) >= 11 is 0. The first-order valence-corrected chi connectivity index (χ1v) is 6.91. The van der Waals surface area contributed by atoms with Crippen molar-refractivity contribution in [2.75, 3.05) is 0 Å². The minimum Gasteiger partial charge on any atom is -0.457 e. The number of benzene rings is 1. The number of hydrogen-bond donors (Lipinski definition) is 1. The molecular weight excluding hydrogens is 264 g/mol. The number of rotatable bonds is 4. The number of nitrogens with one attached hydrogen (secondary N) is 1. The molecule has 2 aromatic rings. The summed E-state index contributed by atoms with van der Waals surface area (Å²) in [6.45, 7) is 5.55. The molecule has 0 atom stereocenters. The normalized spacial score (nSPS) is 11.8. The SMILES string of the molecule is CC(C)(C)OC(=O)/C=C/c1ccc(Cc2ncc[nH]2)cc1. The van der Waals surface area contributed by atoms with Crippen molar-refractivity contribution in [3.63, 3.8) is 0 Å². The molecule has 0 saturated heterocycles. The van der Waals surface area contributed by atoms with E-state index in [0.29, 0.717) is 0 Å². The van der Waals surface area contributed by atoms with Crippen molar-refractivity contribution < 1.29 is 9.53 Å². The second kappa shape index (κ2) is 6.39. The van der Waals surface area contributed by atoms with Crippen molar-refractivity contribution in [2.24, 2.45) is 0 Å². The van der Waals surface area contributed by atoms with Crippen LogP contribution in [0, 0.1) is 0 Å². The zero-order chi connectivity index (χ0) is 15.3. The molecule has 0 aliphatic heterocycles. The lowest BCUT2D eigenvalue weighted by Gasteiger charge is -2.17. The van der Waals surface area contributed by atoms with E-state index in [-0.39, 0.29) is 5.97 Å². The van der Waals surface area contributed by atoms with Crippen LogP contribution in [-0.2, 0) is 16.0 Å². The molecule has 0 amide bonds. The fourth-order valence-corrected chi connectivity index (χ4v) is 1.83. The van der Waals surface area contributed by atoms with Gasteiger partial charge in [0.25, 0.3) is 0 Å². The molecule has 1 N–H and O–H groups in total. The molecule has 0 bridgehead atoms. The standard InChI is InChI=1S/C17H20N2O2/c1-17(2,3)21-16(20)9-8-13-4-6-14(7-5-13)12-15-18-10-11-19-15/h4-11H,12H2,1-3H3,(H,18,19)/b9-8+. The van der Waals surface area contributed by atoms with Gasteiger partial charge in [-0.2, -0.15) is 0 Å². The fraction of sp³-hybridized carbons (Fsp3) is 0.294. The zero-order valence-electron chi connectivity index (χ0n) is 12.6. The topological polar surface area (TPSA) is 55.0 Å². The number of nitrogens with zero attached hydrogens (tertiary/aromatic N) is 1. The first kappa shape index (κ1) is 15.0. The number of imidazole rings is 1. The van der Waals surface area contributed by atoms with Crippen molar-refractivity contribution in [2.45, 2.75) is 32.8 Å². The van der Waals surface area contributed by atoms with E-state index in [1.54, 1.807) is 12.3 Å². The van der Waals surface area contributed by atoms with E-state index in [9.17, 15) is 4.79 Å². The predicted octanol–water partition coefficient (Wildman–Crippen LogP) is 3.36. The summed E-state index contributed by atoms with van der Waals surface area (Å²) in [6.07, 6.45) is 7.53. The number of H-pyrrole nitrogens is 1. The van der Waals surface area contributed by atoms with Gasteiger partial charge in [-0.3, -0.25) is 0 Å². The largest absolute Gasteiger partial charge is 0.457 e. The number of hydrogen-bond acceptors (Lipinski definition) is 3. The Labute approximate surface area is 124 Å². The summed E-state index contributed by atoms with van der Waals surface area (Å²) in [6, 6.07) is 7.99. The molecule has 1 heterocycles. The molecule has 4 nitrogen and oxygen atoms in total. The molecule has 0 fully saturated rings. The second-order valence-electron chi connectivity index (χ2n) is 5.82. The van der Waals surface area contributed by atoms with E-state index in [1.165, 1.54) is 11.6 Å². The number of aromatic nitrogens is 2. The van der Waals surface area contributed by atoms with Crippen LogP contribution in [0.5, 0.6) is 0 Å². The first-order chi connectivity index (χ1) is 9.92. The minimum atomic E-state index is -0.464. The van der Waals surface area contributed by atoms with Gasteiger partial charge in [-0.25, -0.2) is 9.78 Å². The Morgan fingerprint density at radius 2 is 2.00 bits per heavy atom. The summed E-state index contributed by atoms with van der Waals surface area (Å²) in [5.74, 6) is 0.606. The molecule has 110 valence electrons. The molecule has 1 aromatic carbocycles. The smallest absolute Gasteiger partial charge is 0.331 e. The Hall–Kier alpha value is -2.36. The van der Waals surface area contributed by atoms with Crippen LogP contribution >= 0.6 is 0 Å². The molecule has 0 aliphatic carbocycles. The van der Waals surface area contributed by atoms with E-state index < -0.39 is 5.60 Å². The number of carbonyl (C=O) groups is 1. The molecule has 1 aromatic heterocycles. The van der Waals surface area contributed by atoms with Crippen LogP contribution in [0.2, 0.25) is 0 Å². The maximum absolute atomic E-state index is 11.6. The van der Waals surface area contributed by atoms with Gasteiger partial charge in [-0.1, -0.05) is 24.3 Å². The van der Waals surface area contributed by atoms with Crippen LogP contribution in [0.3, 0.4) is 0 Å². The monoisotopic (exact) mass is 284 g/mol. The minimum absolute atomic E-state index is 0.331. The van der Waals surface area contributed by atoms with E-state index in [2.05, 4.69) is 9.97 Å². The van der Waals surface area contributed by atoms with Gasteiger partial charge >= 0.3 is 5.97 Å². The summed E-state index contributed by atoms with van der Waals surface area (Å²) in [5.41, 5.74) is 1.66. The van der Waals surface area contributed by atoms with E-state index in [1.807, 2.05) is 51.2 Å². The number of carbonyl (C=O) groups excluding carboxylic acids is 1. The molecule has 0 aliphatic rings. The van der Waals surface area contributed by atoms with Crippen LogP contribution in [0.1, 0.15) is 37.7 Å². The lowest BCUT2D eigenvalue weighted by atomic mass is 10.1. The zero-order valence-corrected chi connectivity index (χ0v) is 12.6. The molecule has 0 unspecified atom stereocenters. The maximum atomic E-state index is 11.6. The lowest BCUT2D eigenvalue weighted by Crippen LogP contribution is -2.22. The molecule has 4 heteroatoms. The average Bonchev–Trinajstić information content (AvgIpc) is 2.89. The maximum Gasteiger partial charge on any atom is 0.331 e. The Morgan fingerprint density at radius 1 is 1.29 bits per heavy atom. The van der Waals surface area contributed by atoms with Gasteiger partial charge in [0, 0.05) is 24.9 Å². The summed E-state index contributed by atoms with van der Waals surface area (Å²) < 4.78 is 5.22. The number of esters is 1. The second-order valence-corrected chi connectivity index (χ2v) is 5.82. The van der Waals surface area contributed by atoms with Crippen molar-refractivity contribution in [1.29, 1.82) is 0 Å². The molecule has 21 heavy (non-hydrogen) atoms. The Kier molecular flexibility index (Phi) is 4.58. The number of ether oxygens (including phenoxy) is 1. The highest BCUT2D eigenvalue weighted by molar-refractivity contribution is 5.87. The highest BCUT2D eigenvalue weighted by Gasteiger charge is 2.13. The van der Waals surface area contributed by atoms with Gasteiger partial charge in [0.15, 0.2) is 0 Å². The van der Waals surface area contributed by atoms with Crippen molar-refractivity contribution >= 4 is 12.0 Å². The first-order valence-electron chi connectivity index (χ1n) is 6.91. The molecule has 2 rings (SSSR count). The van der Waals surface area contributed by atoms with Gasteiger partial charge in [0.2, 0.25) is 0 Å². The molecular formula is C17H20N2O2. The van der Waals surface area contributed by atoms with Crippen LogP contribution in [0.25, 0.3) is 6.08 Å². The van der Waals surface area contributed by atoms with Gasteiger partial charge in [-0.05, 0) is 38.0 Å². The van der Waals surface area contributed by atoms with Crippen molar-refractivity contribution in [3.8, 4) is 0 Å². The van der Waals surface area contributed by atoms with Gasteiger partial charge in [0.05, 0.1) is 0 Å². The Balaban J connectivity index is 1.94. The predicted molar refractivity (Wildman–Crippen MR) is 82.7 cm³/mol. The fourth-order valence-electron chi connectivity index (χ4n) is 1.83. The van der Waals surface area contributed by atoms with Gasteiger partial charge in [-0.15, -0.1) is 0 Å². The third-order valence-electron chi connectivity index (χ3n) is 2.72. The highest BCUT2D eigenvalue weighted by atomic mass is 16.6. The molecule has 0 radical (unpaired) electrons. The summed E-state index contributed by atoms with van der Waals surface area (Å²) in [5, 5.41) is 0. The van der Waals surface area contributed by atoms with Gasteiger partial charge in [0.1, 0.15) is 11.4 Å².